The molecule has 0 spiro atoms. The van der Waals surface area contributed by atoms with Crippen LogP contribution in [0.25, 0.3) is 0 Å². The number of anilines is 1. The van der Waals surface area contributed by atoms with Crippen molar-refractivity contribution in [1.82, 2.24) is 10.2 Å². The molecule has 1 fully saturated rings. The SMILES string of the molecule is CC(C)C1CCCC(Nc2cn[nH]c2)CC1. The molecule has 1 aliphatic carbocycles. The number of rotatable bonds is 3. The molecule has 2 rings (SSSR count). The largest absolute Gasteiger partial charge is 0.380 e. The fourth-order valence-electron chi connectivity index (χ4n) is 2.71. The Morgan fingerprint density at radius 2 is 2.19 bits per heavy atom. The van der Waals surface area contributed by atoms with E-state index in [2.05, 4.69) is 29.4 Å². The minimum Gasteiger partial charge on any atom is -0.380 e. The highest BCUT2D eigenvalue weighted by Gasteiger charge is 2.20. The van der Waals surface area contributed by atoms with E-state index in [9.17, 15) is 0 Å². The van der Waals surface area contributed by atoms with Crippen LogP contribution >= 0.6 is 0 Å². The first-order valence-corrected chi connectivity index (χ1v) is 6.51. The molecule has 2 N–H and O–H groups in total. The maximum atomic E-state index is 3.97. The summed E-state index contributed by atoms with van der Waals surface area (Å²) in [6.45, 7) is 4.71. The van der Waals surface area contributed by atoms with Crippen molar-refractivity contribution >= 4 is 5.69 Å². The summed E-state index contributed by atoms with van der Waals surface area (Å²) in [7, 11) is 0. The van der Waals surface area contributed by atoms with Crippen LogP contribution < -0.4 is 5.32 Å². The third-order valence-corrected chi connectivity index (χ3v) is 3.83. The lowest BCUT2D eigenvalue weighted by Crippen LogP contribution is -2.18. The van der Waals surface area contributed by atoms with Crippen LogP contribution in [0.5, 0.6) is 0 Å². The van der Waals surface area contributed by atoms with E-state index >= 15 is 0 Å². The van der Waals surface area contributed by atoms with Crippen molar-refractivity contribution in [2.45, 2.75) is 52.0 Å². The molecule has 3 heteroatoms. The lowest BCUT2D eigenvalue weighted by Gasteiger charge is -2.19. The smallest absolute Gasteiger partial charge is 0.0725 e. The van der Waals surface area contributed by atoms with Crippen molar-refractivity contribution in [2.24, 2.45) is 11.8 Å². The zero-order valence-electron chi connectivity index (χ0n) is 10.4. The third kappa shape index (κ3) is 3.00. The van der Waals surface area contributed by atoms with Crippen LogP contribution in [0.1, 0.15) is 46.0 Å². The first-order valence-electron chi connectivity index (χ1n) is 6.51. The monoisotopic (exact) mass is 221 g/mol. The molecule has 1 aliphatic rings. The van der Waals surface area contributed by atoms with Gasteiger partial charge in [0.1, 0.15) is 0 Å². The Kier molecular flexibility index (Phi) is 3.86. The number of aromatic nitrogens is 2. The number of nitrogens with one attached hydrogen (secondary N) is 2. The second-order valence-corrected chi connectivity index (χ2v) is 5.34. The van der Waals surface area contributed by atoms with Gasteiger partial charge < -0.3 is 5.32 Å². The molecule has 0 saturated heterocycles. The van der Waals surface area contributed by atoms with Crippen LogP contribution in [0.15, 0.2) is 12.4 Å². The molecule has 0 aliphatic heterocycles. The number of H-pyrrole nitrogens is 1. The maximum absolute atomic E-state index is 3.97. The lowest BCUT2D eigenvalue weighted by molar-refractivity contribution is 0.341. The zero-order valence-corrected chi connectivity index (χ0v) is 10.4. The Labute approximate surface area is 98.0 Å². The molecule has 2 atom stereocenters. The van der Waals surface area contributed by atoms with Gasteiger partial charge in [0.2, 0.25) is 0 Å². The van der Waals surface area contributed by atoms with Crippen LogP contribution in [0.2, 0.25) is 0 Å². The van der Waals surface area contributed by atoms with E-state index in [0.717, 1.165) is 17.5 Å². The van der Waals surface area contributed by atoms with Crippen LogP contribution in [-0.4, -0.2) is 16.2 Å². The van der Waals surface area contributed by atoms with Crippen LogP contribution in [-0.2, 0) is 0 Å². The summed E-state index contributed by atoms with van der Waals surface area (Å²) in [6.07, 6.45) is 10.5. The van der Waals surface area contributed by atoms with Gasteiger partial charge in [0, 0.05) is 12.2 Å². The van der Waals surface area contributed by atoms with Crippen molar-refractivity contribution in [3.8, 4) is 0 Å². The molecule has 16 heavy (non-hydrogen) atoms. The van der Waals surface area contributed by atoms with Gasteiger partial charge in [-0.05, 0) is 31.1 Å². The molecule has 1 heterocycles. The van der Waals surface area contributed by atoms with Gasteiger partial charge in [-0.1, -0.05) is 26.7 Å². The van der Waals surface area contributed by atoms with Crippen LogP contribution in [0.4, 0.5) is 5.69 Å². The molecule has 0 aromatic carbocycles. The van der Waals surface area contributed by atoms with Gasteiger partial charge in [0.15, 0.2) is 0 Å². The van der Waals surface area contributed by atoms with Gasteiger partial charge in [0.25, 0.3) is 0 Å². The van der Waals surface area contributed by atoms with E-state index < -0.39 is 0 Å². The predicted molar refractivity (Wildman–Crippen MR) is 67.4 cm³/mol. The second-order valence-electron chi connectivity index (χ2n) is 5.34. The summed E-state index contributed by atoms with van der Waals surface area (Å²) in [4.78, 5) is 0. The summed E-state index contributed by atoms with van der Waals surface area (Å²) in [5, 5.41) is 10.4. The minimum absolute atomic E-state index is 0.640. The number of hydrogen-bond acceptors (Lipinski definition) is 2. The van der Waals surface area contributed by atoms with E-state index in [0.29, 0.717) is 6.04 Å². The highest BCUT2D eigenvalue weighted by Crippen LogP contribution is 2.29. The summed E-state index contributed by atoms with van der Waals surface area (Å²) in [6, 6.07) is 0.640. The molecule has 0 amide bonds. The van der Waals surface area contributed by atoms with Gasteiger partial charge in [-0.3, -0.25) is 5.10 Å². The molecule has 0 radical (unpaired) electrons. The Balaban J connectivity index is 1.84. The van der Waals surface area contributed by atoms with E-state index in [-0.39, 0.29) is 0 Å². The van der Waals surface area contributed by atoms with E-state index in [4.69, 9.17) is 0 Å². The number of aromatic amines is 1. The molecule has 1 aromatic rings. The molecule has 3 nitrogen and oxygen atoms in total. The van der Waals surface area contributed by atoms with Crippen LogP contribution in [0.3, 0.4) is 0 Å². The normalized spacial score (nSPS) is 26.7. The second kappa shape index (κ2) is 5.37. The summed E-state index contributed by atoms with van der Waals surface area (Å²) < 4.78 is 0. The topological polar surface area (TPSA) is 40.7 Å². The molecule has 90 valence electrons. The minimum atomic E-state index is 0.640. The summed E-state index contributed by atoms with van der Waals surface area (Å²) in [5.41, 5.74) is 1.13. The van der Waals surface area contributed by atoms with Gasteiger partial charge in [-0.25, -0.2) is 0 Å². The van der Waals surface area contributed by atoms with Crippen molar-refractivity contribution in [1.29, 1.82) is 0 Å². The third-order valence-electron chi connectivity index (χ3n) is 3.83. The maximum Gasteiger partial charge on any atom is 0.0725 e. The van der Waals surface area contributed by atoms with E-state index in [1.165, 1.54) is 32.1 Å². The molecule has 1 saturated carbocycles. The fourth-order valence-corrected chi connectivity index (χ4v) is 2.71. The van der Waals surface area contributed by atoms with Gasteiger partial charge in [0.05, 0.1) is 11.9 Å². The van der Waals surface area contributed by atoms with E-state index in [1.54, 1.807) is 0 Å². The van der Waals surface area contributed by atoms with Crippen molar-refractivity contribution in [3.05, 3.63) is 12.4 Å². The van der Waals surface area contributed by atoms with Gasteiger partial charge in [-0.15, -0.1) is 0 Å². The summed E-state index contributed by atoms with van der Waals surface area (Å²) in [5.74, 6) is 1.77. The summed E-state index contributed by atoms with van der Waals surface area (Å²) >= 11 is 0. The zero-order chi connectivity index (χ0) is 11.4. The van der Waals surface area contributed by atoms with Gasteiger partial charge in [-0.2, -0.15) is 5.10 Å². The van der Waals surface area contributed by atoms with Gasteiger partial charge >= 0.3 is 0 Å². The van der Waals surface area contributed by atoms with Crippen LogP contribution in [0, 0.1) is 11.8 Å². The predicted octanol–water partition coefficient (Wildman–Crippen LogP) is 3.43. The highest BCUT2D eigenvalue weighted by molar-refractivity contribution is 5.38. The molecular formula is C13H23N3. The first kappa shape index (κ1) is 11.5. The Morgan fingerprint density at radius 3 is 2.88 bits per heavy atom. The quantitative estimate of drug-likeness (QED) is 0.768. The Morgan fingerprint density at radius 1 is 1.31 bits per heavy atom. The standard InChI is InChI=1S/C13H23N3/c1-10(2)11-4-3-5-12(7-6-11)16-13-8-14-15-9-13/h8-12,16H,3-7H2,1-2H3,(H,14,15). The Hall–Kier alpha value is -0.990. The average Bonchev–Trinajstić information content (AvgIpc) is 2.63. The molecule has 1 aromatic heterocycles. The fraction of sp³-hybridized carbons (Fsp3) is 0.769. The molecule has 0 bridgehead atoms. The highest BCUT2D eigenvalue weighted by atomic mass is 15.1. The van der Waals surface area contributed by atoms with Crippen molar-refractivity contribution in [3.63, 3.8) is 0 Å². The first-order chi connectivity index (χ1) is 7.75. The van der Waals surface area contributed by atoms with Crippen molar-refractivity contribution in [2.75, 3.05) is 5.32 Å². The van der Waals surface area contributed by atoms with Crippen molar-refractivity contribution < 1.29 is 0 Å². The molecular weight excluding hydrogens is 198 g/mol. The molecule has 2 unspecified atom stereocenters. The number of hydrogen-bond donors (Lipinski definition) is 2. The number of nitrogens with zero attached hydrogens (tertiary/aromatic N) is 1. The Bertz CT molecular complexity index is 292. The lowest BCUT2D eigenvalue weighted by atomic mass is 9.89. The van der Waals surface area contributed by atoms with E-state index in [1.807, 2.05) is 12.4 Å². The average molecular weight is 221 g/mol.